The first-order valence-corrected chi connectivity index (χ1v) is 13.5. The lowest BCUT2D eigenvalue weighted by Crippen LogP contribution is -2.29. The monoisotopic (exact) mass is 589 g/mol. The highest BCUT2D eigenvalue weighted by atomic mass is 35.5. The van der Waals surface area contributed by atoms with Crippen molar-refractivity contribution in [3.8, 4) is 11.1 Å². The van der Waals surface area contributed by atoms with Crippen LogP contribution in [-0.2, 0) is 23.9 Å². The van der Waals surface area contributed by atoms with Crippen molar-refractivity contribution >= 4 is 34.3 Å². The lowest BCUT2D eigenvalue weighted by molar-refractivity contribution is -0.140. The van der Waals surface area contributed by atoms with E-state index in [1.807, 2.05) is 54.6 Å². The molecule has 6 nitrogen and oxygen atoms in total. The van der Waals surface area contributed by atoms with Gasteiger partial charge < -0.3 is 10.0 Å². The molecule has 0 fully saturated rings. The van der Waals surface area contributed by atoms with Crippen LogP contribution in [-0.4, -0.2) is 27.2 Å². The number of carboxylic acid groups (broad SMARTS) is 1. The summed E-state index contributed by atoms with van der Waals surface area (Å²) in [5.74, 6) is -1.03. The summed E-state index contributed by atoms with van der Waals surface area (Å²) in [6.45, 7) is 0.165. The molecular formula is C32H23ClF3N3O3. The quantitative estimate of drug-likeness (QED) is 0.231. The number of anilines is 1. The Kier molecular flexibility index (Phi) is 6.98. The highest BCUT2D eigenvalue weighted by molar-refractivity contribution is 6.32. The van der Waals surface area contributed by atoms with Gasteiger partial charge in [-0.05, 0) is 46.5 Å². The average Bonchev–Trinajstić information content (AvgIpc) is 3.35. The van der Waals surface area contributed by atoms with Gasteiger partial charge in [0.05, 0.1) is 17.6 Å². The highest BCUT2D eigenvalue weighted by Crippen LogP contribution is 2.44. The van der Waals surface area contributed by atoms with Crippen LogP contribution in [0, 0.1) is 0 Å². The number of pyridine rings is 2. The third-order valence-corrected chi connectivity index (χ3v) is 7.91. The van der Waals surface area contributed by atoms with Crippen molar-refractivity contribution in [2.24, 2.45) is 0 Å². The molecule has 42 heavy (non-hydrogen) atoms. The van der Waals surface area contributed by atoms with E-state index in [2.05, 4.69) is 4.98 Å². The molecule has 1 unspecified atom stereocenters. The molecule has 0 saturated heterocycles. The maximum Gasteiger partial charge on any atom is 0.416 e. The second-order valence-electron chi connectivity index (χ2n) is 10.1. The molecule has 5 aromatic rings. The first-order valence-electron chi connectivity index (χ1n) is 13.1. The van der Waals surface area contributed by atoms with Gasteiger partial charge in [0.25, 0.3) is 5.56 Å². The van der Waals surface area contributed by atoms with E-state index in [0.29, 0.717) is 11.1 Å². The molecule has 3 aromatic carbocycles. The van der Waals surface area contributed by atoms with Crippen molar-refractivity contribution in [2.75, 3.05) is 11.4 Å². The Morgan fingerprint density at radius 1 is 1.00 bits per heavy atom. The topological polar surface area (TPSA) is 75.4 Å². The first kappa shape index (κ1) is 27.5. The van der Waals surface area contributed by atoms with Crippen molar-refractivity contribution in [2.45, 2.75) is 25.2 Å². The van der Waals surface area contributed by atoms with Gasteiger partial charge in [-0.2, -0.15) is 13.2 Å². The van der Waals surface area contributed by atoms with E-state index in [1.165, 1.54) is 12.1 Å². The minimum atomic E-state index is -4.62. The molecule has 212 valence electrons. The van der Waals surface area contributed by atoms with Crippen LogP contribution in [0.3, 0.4) is 0 Å². The van der Waals surface area contributed by atoms with Gasteiger partial charge in [-0.25, -0.2) is 4.79 Å². The van der Waals surface area contributed by atoms with Crippen molar-refractivity contribution in [3.63, 3.8) is 0 Å². The Balaban J connectivity index is 1.66. The molecule has 10 heteroatoms. The number of benzene rings is 3. The summed E-state index contributed by atoms with van der Waals surface area (Å²) in [7, 11) is 0. The normalized spacial score (nSPS) is 14.8. The molecule has 0 radical (unpaired) electrons. The molecule has 3 heterocycles. The molecule has 0 saturated carbocycles. The van der Waals surface area contributed by atoms with Gasteiger partial charge in [0.15, 0.2) is 6.04 Å². The van der Waals surface area contributed by atoms with Crippen LogP contribution in [0.4, 0.5) is 19.0 Å². The predicted octanol–water partition coefficient (Wildman–Crippen LogP) is 6.97. The lowest BCUT2D eigenvalue weighted by atomic mass is 9.93. The van der Waals surface area contributed by atoms with Crippen molar-refractivity contribution < 1.29 is 23.1 Å². The van der Waals surface area contributed by atoms with Gasteiger partial charge in [-0.3, -0.25) is 14.3 Å². The molecule has 1 atom stereocenters. The third kappa shape index (κ3) is 4.90. The first-order chi connectivity index (χ1) is 20.1. The number of halogens is 4. The number of hydrogen-bond donors (Lipinski definition) is 1. The standard InChI is InChI=1S/C32H23ClF3N3O3/c33-28-24(16-20-13-14-37-25-12-5-4-11-23(20)25)27(21-9-6-10-22(15-21)32(34,35)36)29-38(17-19-7-2-1-3-8-19)18-26(31(41)42)39(29)30(28)40/h1-15,26H,16-18H2,(H,41,42). The zero-order valence-electron chi connectivity index (χ0n) is 22.0. The summed E-state index contributed by atoms with van der Waals surface area (Å²) in [4.78, 5) is 32.3. The molecule has 1 N–H and O–H groups in total. The van der Waals surface area contributed by atoms with Crippen LogP contribution in [0.2, 0.25) is 5.02 Å². The third-order valence-electron chi connectivity index (χ3n) is 7.52. The molecule has 0 bridgehead atoms. The Hall–Kier alpha value is -4.63. The molecule has 2 aromatic heterocycles. The van der Waals surface area contributed by atoms with E-state index < -0.39 is 29.3 Å². The SMILES string of the molecule is O=C(O)C1CN(Cc2ccccc2)c2c(-c3cccc(C(F)(F)F)c3)c(Cc3ccnc4ccccc34)c(Cl)c(=O)n21. The smallest absolute Gasteiger partial charge is 0.416 e. The van der Waals surface area contributed by atoms with Gasteiger partial charge in [0.1, 0.15) is 10.8 Å². The fraction of sp³-hybridized carbons (Fsp3) is 0.156. The number of rotatable bonds is 6. The van der Waals surface area contributed by atoms with Gasteiger partial charge in [0, 0.05) is 30.1 Å². The summed E-state index contributed by atoms with van der Waals surface area (Å²) in [6.07, 6.45) is -2.89. The number of alkyl halides is 3. The molecule has 0 aliphatic carbocycles. The predicted molar refractivity (Wildman–Crippen MR) is 155 cm³/mol. The number of hydrogen-bond acceptors (Lipinski definition) is 4. The molecule has 1 aliphatic rings. The summed E-state index contributed by atoms with van der Waals surface area (Å²) in [6, 6.07) is 21.9. The van der Waals surface area contributed by atoms with Gasteiger partial charge >= 0.3 is 12.1 Å². The molecular weight excluding hydrogens is 567 g/mol. The molecule has 6 rings (SSSR count). The van der Waals surface area contributed by atoms with Crippen LogP contribution < -0.4 is 10.5 Å². The molecule has 0 amide bonds. The number of carboxylic acids is 1. The number of nitrogens with zero attached hydrogens (tertiary/aromatic N) is 3. The van der Waals surface area contributed by atoms with E-state index in [-0.39, 0.29) is 41.5 Å². The van der Waals surface area contributed by atoms with E-state index >= 15 is 0 Å². The van der Waals surface area contributed by atoms with E-state index in [0.717, 1.165) is 33.2 Å². The maximum absolute atomic E-state index is 13.9. The van der Waals surface area contributed by atoms with Crippen molar-refractivity contribution in [1.82, 2.24) is 9.55 Å². The van der Waals surface area contributed by atoms with Crippen LogP contribution in [0.15, 0.2) is 95.9 Å². The van der Waals surface area contributed by atoms with E-state index in [1.54, 1.807) is 17.2 Å². The summed E-state index contributed by atoms with van der Waals surface area (Å²) in [5.41, 5.74) is 1.51. The van der Waals surface area contributed by atoms with E-state index in [4.69, 9.17) is 11.6 Å². The Bertz CT molecular complexity index is 1880. The fourth-order valence-electron chi connectivity index (χ4n) is 5.62. The largest absolute Gasteiger partial charge is 0.480 e. The van der Waals surface area contributed by atoms with E-state index in [9.17, 15) is 27.9 Å². The Morgan fingerprint density at radius 2 is 1.74 bits per heavy atom. The van der Waals surface area contributed by atoms with Gasteiger partial charge in [-0.1, -0.05) is 72.3 Å². The van der Waals surface area contributed by atoms with Crippen molar-refractivity contribution in [3.05, 3.63) is 129 Å². The van der Waals surface area contributed by atoms with Crippen LogP contribution in [0.25, 0.3) is 22.0 Å². The van der Waals surface area contributed by atoms with Crippen LogP contribution in [0.1, 0.15) is 28.3 Å². The second kappa shape index (κ2) is 10.6. The number of para-hydroxylation sites is 1. The van der Waals surface area contributed by atoms with Crippen molar-refractivity contribution in [1.29, 1.82) is 0 Å². The van der Waals surface area contributed by atoms with Crippen LogP contribution in [0.5, 0.6) is 0 Å². The van der Waals surface area contributed by atoms with Crippen LogP contribution >= 0.6 is 11.6 Å². The second-order valence-corrected chi connectivity index (χ2v) is 10.5. The Labute approximate surface area is 243 Å². The summed E-state index contributed by atoms with van der Waals surface area (Å²) < 4.78 is 42.7. The zero-order valence-corrected chi connectivity index (χ0v) is 22.7. The average molecular weight is 590 g/mol. The lowest BCUT2D eigenvalue weighted by Gasteiger charge is -2.25. The number of aliphatic carboxylic acids is 1. The number of fused-ring (bicyclic) bond motifs is 2. The summed E-state index contributed by atoms with van der Waals surface area (Å²) >= 11 is 6.76. The number of carbonyl (C=O) groups is 1. The summed E-state index contributed by atoms with van der Waals surface area (Å²) in [5, 5.41) is 10.7. The Morgan fingerprint density at radius 3 is 2.48 bits per heavy atom. The zero-order chi connectivity index (χ0) is 29.6. The maximum atomic E-state index is 13.9. The molecule has 0 spiro atoms. The highest BCUT2D eigenvalue weighted by Gasteiger charge is 2.39. The number of aromatic nitrogens is 2. The fourth-order valence-corrected chi connectivity index (χ4v) is 5.88. The van der Waals surface area contributed by atoms with Gasteiger partial charge in [-0.15, -0.1) is 0 Å². The molecule has 1 aliphatic heterocycles. The minimum Gasteiger partial charge on any atom is -0.480 e. The van der Waals surface area contributed by atoms with Gasteiger partial charge in [0.2, 0.25) is 0 Å². The minimum absolute atomic E-state index is 0.0661.